The first kappa shape index (κ1) is 17.2. The van der Waals surface area contributed by atoms with Crippen molar-refractivity contribution in [3.05, 3.63) is 0 Å². The van der Waals surface area contributed by atoms with E-state index < -0.39 is 10.0 Å². The molecule has 0 spiro atoms. The van der Waals surface area contributed by atoms with Crippen LogP contribution in [0.2, 0.25) is 0 Å². The number of carbonyl (C=O) groups excluding carboxylic acids is 1. The molecule has 0 radical (unpaired) electrons. The molecular weight excluding hydrogens is 254 g/mol. The minimum Gasteiger partial charge on any atom is -0.337 e. The molecule has 0 aliphatic rings. The zero-order chi connectivity index (χ0) is 14.2. The van der Waals surface area contributed by atoms with Gasteiger partial charge in [0.1, 0.15) is 0 Å². The summed E-state index contributed by atoms with van der Waals surface area (Å²) in [5, 5.41) is 5.32. The second kappa shape index (κ2) is 8.31. The standard InChI is InChI=1S/C11H25N3O3S/c1-5-6-8-14(18(4,16)17)9-7-12-11(15)13-10(2)3/h10H,5-9H2,1-4H3,(H2,12,13,15). The van der Waals surface area contributed by atoms with Crippen molar-refractivity contribution in [1.29, 1.82) is 0 Å². The zero-order valence-corrected chi connectivity index (χ0v) is 12.5. The molecule has 0 unspecified atom stereocenters. The molecule has 0 saturated carbocycles. The first-order valence-corrected chi connectivity index (χ1v) is 8.11. The predicted molar refractivity (Wildman–Crippen MR) is 73.0 cm³/mol. The number of rotatable bonds is 8. The van der Waals surface area contributed by atoms with Gasteiger partial charge in [-0.15, -0.1) is 0 Å². The third-order valence-corrected chi connectivity index (χ3v) is 3.60. The molecule has 6 nitrogen and oxygen atoms in total. The van der Waals surface area contributed by atoms with Crippen LogP contribution in [-0.4, -0.2) is 50.7 Å². The van der Waals surface area contributed by atoms with Crippen molar-refractivity contribution >= 4 is 16.1 Å². The summed E-state index contributed by atoms with van der Waals surface area (Å²) >= 11 is 0. The van der Waals surface area contributed by atoms with Crippen LogP contribution < -0.4 is 10.6 Å². The number of nitrogens with one attached hydrogen (secondary N) is 2. The van der Waals surface area contributed by atoms with Crippen molar-refractivity contribution in [2.75, 3.05) is 25.9 Å². The van der Waals surface area contributed by atoms with E-state index in [1.807, 2.05) is 20.8 Å². The molecule has 0 aromatic rings. The number of urea groups is 1. The molecule has 108 valence electrons. The summed E-state index contributed by atoms with van der Waals surface area (Å²) in [7, 11) is -3.20. The Morgan fingerprint density at radius 3 is 2.33 bits per heavy atom. The Morgan fingerprint density at radius 2 is 1.89 bits per heavy atom. The summed E-state index contributed by atoms with van der Waals surface area (Å²) in [6, 6.07) is -0.204. The van der Waals surface area contributed by atoms with Gasteiger partial charge in [0.25, 0.3) is 0 Å². The molecular formula is C11H25N3O3S. The molecule has 0 saturated heterocycles. The molecule has 0 aliphatic carbocycles. The van der Waals surface area contributed by atoms with Gasteiger partial charge in [-0.25, -0.2) is 17.5 Å². The van der Waals surface area contributed by atoms with E-state index in [4.69, 9.17) is 0 Å². The SMILES string of the molecule is CCCCN(CCNC(=O)NC(C)C)S(C)(=O)=O. The fourth-order valence-corrected chi connectivity index (χ4v) is 2.27. The largest absolute Gasteiger partial charge is 0.337 e. The first-order chi connectivity index (χ1) is 8.27. The number of amides is 2. The highest BCUT2D eigenvalue weighted by Gasteiger charge is 2.15. The molecule has 0 rings (SSSR count). The predicted octanol–water partition coefficient (Wildman–Crippen LogP) is 0.756. The molecule has 0 atom stereocenters. The second-order valence-electron chi connectivity index (χ2n) is 4.57. The minimum atomic E-state index is -3.20. The fraction of sp³-hybridized carbons (Fsp3) is 0.909. The third kappa shape index (κ3) is 8.30. The van der Waals surface area contributed by atoms with Crippen LogP contribution in [0.3, 0.4) is 0 Å². The molecule has 2 N–H and O–H groups in total. The van der Waals surface area contributed by atoms with Crippen LogP contribution >= 0.6 is 0 Å². The Labute approximate surface area is 110 Å². The van der Waals surface area contributed by atoms with Crippen LogP contribution in [0.4, 0.5) is 4.79 Å². The van der Waals surface area contributed by atoms with Crippen LogP contribution in [0.15, 0.2) is 0 Å². The maximum Gasteiger partial charge on any atom is 0.315 e. The average molecular weight is 279 g/mol. The third-order valence-electron chi connectivity index (χ3n) is 2.30. The van der Waals surface area contributed by atoms with Crippen LogP contribution in [-0.2, 0) is 10.0 Å². The van der Waals surface area contributed by atoms with Gasteiger partial charge in [0.2, 0.25) is 10.0 Å². The molecule has 7 heteroatoms. The van der Waals surface area contributed by atoms with Crippen LogP contribution in [0.1, 0.15) is 33.6 Å². The lowest BCUT2D eigenvalue weighted by Gasteiger charge is -2.20. The number of nitrogens with zero attached hydrogens (tertiary/aromatic N) is 1. The highest BCUT2D eigenvalue weighted by atomic mass is 32.2. The number of hydrogen-bond donors (Lipinski definition) is 2. The van der Waals surface area contributed by atoms with E-state index in [0.29, 0.717) is 19.6 Å². The van der Waals surface area contributed by atoms with Crippen molar-refractivity contribution in [3.63, 3.8) is 0 Å². The van der Waals surface area contributed by atoms with E-state index in [-0.39, 0.29) is 12.1 Å². The summed E-state index contributed by atoms with van der Waals surface area (Å²) in [4.78, 5) is 11.3. The van der Waals surface area contributed by atoms with Crippen LogP contribution in [0.25, 0.3) is 0 Å². The van der Waals surface area contributed by atoms with Gasteiger partial charge in [0.05, 0.1) is 6.26 Å². The van der Waals surface area contributed by atoms with Gasteiger partial charge in [-0.3, -0.25) is 0 Å². The van der Waals surface area contributed by atoms with E-state index in [9.17, 15) is 13.2 Å². The fourth-order valence-electron chi connectivity index (χ4n) is 1.39. The smallest absolute Gasteiger partial charge is 0.315 e. The van der Waals surface area contributed by atoms with Crippen LogP contribution in [0, 0.1) is 0 Å². The van der Waals surface area contributed by atoms with E-state index in [0.717, 1.165) is 12.8 Å². The Balaban J connectivity index is 4.08. The topological polar surface area (TPSA) is 78.5 Å². The Bertz CT molecular complexity index is 341. The van der Waals surface area contributed by atoms with Crippen molar-refractivity contribution in [2.45, 2.75) is 39.7 Å². The Kier molecular flexibility index (Phi) is 7.93. The van der Waals surface area contributed by atoms with E-state index in [1.165, 1.54) is 10.6 Å². The normalized spacial score (nSPS) is 11.9. The molecule has 0 aromatic carbocycles. The van der Waals surface area contributed by atoms with Gasteiger partial charge < -0.3 is 10.6 Å². The van der Waals surface area contributed by atoms with Crippen molar-refractivity contribution in [3.8, 4) is 0 Å². The summed E-state index contributed by atoms with van der Waals surface area (Å²) in [6.45, 7) is 6.87. The quantitative estimate of drug-likeness (QED) is 0.688. The highest BCUT2D eigenvalue weighted by molar-refractivity contribution is 7.88. The number of hydrogen-bond acceptors (Lipinski definition) is 3. The molecule has 0 bridgehead atoms. The van der Waals surface area contributed by atoms with Gasteiger partial charge in [-0.1, -0.05) is 13.3 Å². The summed E-state index contributed by atoms with van der Waals surface area (Å²) < 4.78 is 24.4. The number of carbonyl (C=O) groups is 1. The molecule has 0 aliphatic heterocycles. The summed E-state index contributed by atoms with van der Waals surface area (Å²) in [5.74, 6) is 0. The minimum absolute atomic E-state index is 0.0658. The van der Waals surface area contributed by atoms with E-state index in [1.54, 1.807) is 0 Å². The van der Waals surface area contributed by atoms with Gasteiger partial charge in [0.15, 0.2) is 0 Å². The second-order valence-corrected chi connectivity index (χ2v) is 6.55. The van der Waals surface area contributed by atoms with E-state index >= 15 is 0 Å². The summed E-state index contributed by atoms with van der Waals surface area (Å²) in [6.07, 6.45) is 2.95. The molecule has 0 heterocycles. The molecule has 0 fully saturated rings. The number of sulfonamides is 1. The average Bonchev–Trinajstić information content (AvgIpc) is 2.20. The van der Waals surface area contributed by atoms with Crippen molar-refractivity contribution < 1.29 is 13.2 Å². The monoisotopic (exact) mass is 279 g/mol. The lowest BCUT2D eigenvalue weighted by atomic mass is 10.3. The summed E-state index contributed by atoms with van der Waals surface area (Å²) in [5.41, 5.74) is 0. The van der Waals surface area contributed by atoms with E-state index in [2.05, 4.69) is 10.6 Å². The van der Waals surface area contributed by atoms with Gasteiger partial charge in [-0.2, -0.15) is 0 Å². The molecule has 2 amide bonds. The maximum atomic E-state index is 11.5. The Morgan fingerprint density at radius 1 is 1.28 bits per heavy atom. The van der Waals surface area contributed by atoms with Gasteiger partial charge >= 0.3 is 6.03 Å². The maximum absolute atomic E-state index is 11.5. The van der Waals surface area contributed by atoms with Crippen molar-refractivity contribution in [2.24, 2.45) is 0 Å². The first-order valence-electron chi connectivity index (χ1n) is 6.26. The molecule has 18 heavy (non-hydrogen) atoms. The highest BCUT2D eigenvalue weighted by Crippen LogP contribution is 2.00. The Hall–Kier alpha value is -0.820. The lowest BCUT2D eigenvalue weighted by molar-refractivity contribution is 0.237. The molecule has 0 aromatic heterocycles. The van der Waals surface area contributed by atoms with Crippen LogP contribution in [0.5, 0.6) is 0 Å². The van der Waals surface area contributed by atoms with Gasteiger partial charge in [0, 0.05) is 25.7 Å². The van der Waals surface area contributed by atoms with Crippen molar-refractivity contribution in [1.82, 2.24) is 14.9 Å². The lowest BCUT2D eigenvalue weighted by Crippen LogP contribution is -2.44. The zero-order valence-electron chi connectivity index (χ0n) is 11.7. The van der Waals surface area contributed by atoms with Gasteiger partial charge in [-0.05, 0) is 20.3 Å². The number of unbranched alkanes of at least 4 members (excludes halogenated alkanes) is 1.